The molecule has 0 aliphatic carbocycles. The summed E-state index contributed by atoms with van der Waals surface area (Å²) in [7, 11) is 0. The molecule has 3 rings (SSSR count). The Hall–Kier alpha value is -1.92. The number of carbonyl (C=O) groups excluding carboxylic acids is 1. The smallest absolute Gasteiger partial charge is 0.279 e. The summed E-state index contributed by atoms with van der Waals surface area (Å²) in [5, 5.41) is 2.96. The van der Waals surface area contributed by atoms with Crippen LogP contribution in [0.5, 0.6) is 0 Å². The molecule has 0 saturated carbocycles. The van der Waals surface area contributed by atoms with E-state index in [-0.39, 0.29) is 5.91 Å². The molecule has 0 unspecified atom stereocenters. The number of benzene rings is 1. The number of aromatic amines is 1. The van der Waals surface area contributed by atoms with Gasteiger partial charge < -0.3 is 10.2 Å². The molecule has 6 heteroatoms. The van der Waals surface area contributed by atoms with Crippen LogP contribution in [0.1, 0.15) is 0 Å². The Morgan fingerprint density at radius 3 is 2.57 bits per heavy atom. The lowest BCUT2D eigenvalue weighted by Crippen LogP contribution is -3.15. The Balaban J connectivity index is 1.47. The number of piperazine rings is 1. The van der Waals surface area contributed by atoms with Crippen molar-refractivity contribution in [2.75, 3.05) is 42.9 Å². The van der Waals surface area contributed by atoms with Crippen molar-refractivity contribution in [2.45, 2.75) is 0 Å². The number of anilines is 2. The van der Waals surface area contributed by atoms with Crippen LogP contribution in [0.4, 0.5) is 11.5 Å². The minimum Gasteiger partial charge on any atom is -0.321 e. The third-order valence-corrected chi connectivity index (χ3v) is 4.57. The van der Waals surface area contributed by atoms with Crippen LogP contribution in [-0.2, 0) is 4.79 Å². The number of halogens is 1. The highest BCUT2D eigenvalue weighted by Crippen LogP contribution is 2.13. The summed E-state index contributed by atoms with van der Waals surface area (Å²) in [5.74, 6) is 1.22. The minimum atomic E-state index is 0.0713. The Labute approximate surface area is 144 Å². The Kier molecular flexibility index (Phi) is 5.25. The molecule has 1 saturated heterocycles. The third-order valence-electron chi connectivity index (χ3n) is 4.04. The predicted octanol–water partition coefficient (Wildman–Crippen LogP) is 0.607. The van der Waals surface area contributed by atoms with Crippen LogP contribution < -0.4 is 20.1 Å². The van der Waals surface area contributed by atoms with Gasteiger partial charge in [0.15, 0.2) is 6.54 Å². The molecule has 1 aromatic heterocycles. The third kappa shape index (κ3) is 4.53. The second-order valence-corrected chi connectivity index (χ2v) is 6.63. The van der Waals surface area contributed by atoms with Crippen molar-refractivity contribution < 1.29 is 14.7 Å². The lowest BCUT2D eigenvalue weighted by molar-refractivity contribution is -0.892. The van der Waals surface area contributed by atoms with E-state index >= 15 is 0 Å². The van der Waals surface area contributed by atoms with Crippen LogP contribution in [0.2, 0.25) is 0 Å². The fourth-order valence-corrected chi connectivity index (χ4v) is 3.05. The van der Waals surface area contributed by atoms with E-state index in [1.165, 1.54) is 4.90 Å². The second kappa shape index (κ2) is 7.57. The van der Waals surface area contributed by atoms with Gasteiger partial charge in [0.05, 0.1) is 6.20 Å². The van der Waals surface area contributed by atoms with Crippen molar-refractivity contribution in [3.05, 3.63) is 53.1 Å². The number of nitrogens with zero attached hydrogens (tertiary/aromatic N) is 1. The van der Waals surface area contributed by atoms with E-state index in [2.05, 4.69) is 37.2 Å². The first kappa shape index (κ1) is 16.0. The zero-order valence-electron chi connectivity index (χ0n) is 12.9. The van der Waals surface area contributed by atoms with Gasteiger partial charge in [-0.25, -0.2) is 4.98 Å². The predicted molar refractivity (Wildman–Crippen MR) is 93.5 cm³/mol. The number of hydrogen-bond acceptors (Lipinski definition) is 2. The van der Waals surface area contributed by atoms with Gasteiger partial charge in [-0.1, -0.05) is 22.0 Å². The van der Waals surface area contributed by atoms with Crippen molar-refractivity contribution in [3.8, 4) is 0 Å². The summed E-state index contributed by atoms with van der Waals surface area (Å²) in [5.41, 5.74) is 0.843. The topological polar surface area (TPSA) is 50.9 Å². The van der Waals surface area contributed by atoms with Gasteiger partial charge in [0.2, 0.25) is 0 Å². The van der Waals surface area contributed by atoms with E-state index in [1.807, 2.05) is 42.6 Å². The van der Waals surface area contributed by atoms with Crippen LogP contribution >= 0.6 is 15.9 Å². The monoisotopic (exact) mass is 376 g/mol. The normalized spacial score (nSPS) is 15.4. The molecule has 0 bridgehead atoms. The number of amides is 1. The van der Waals surface area contributed by atoms with E-state index in [0.29, 0.717) is 6.54 Å². The standard InChI is InChI=1S/C17H19BrN4O/c18-14-4-6-15(7-5-14)20-17(23)13-21-9-11-22(12-10-21)16-3-1-2-8-19-16/h1-8H,9-13H2,(H,20,23)/p+2. The summed E-state index contributed by atoms with van der Waals surface area (Å²) in [6, 6.07) is 13.8. The van der Waals surface area contributed by atoms with E-state index in [0.717, 1.165) is 42.2 Å². The highest BCUT2D eigenvalue weighted by molar-refractivity contribution is 9.10. The van der Waals surface area contributed by atoms with Crippen molar-refractivity contribution in [1.29, 1.82) is 0 Å². The van der Waals surface area contributed by atoms with Gasteiger partial charge in [-0.2, -0.15) is 0 Å². The highest BCUT2D eigenvalue weighted by Gasteiger charge is 2.27. The summed E-state index contributed by atoms with van der Waals surface area (Å²) in [6.45, 7) is 4.37. The number of aromatic nitrogens is 1. The quantitative estimate of drug-likeness (QED) is 0.821. The molecular formula is C17H21BrN4O+2. The molecule has 1 aromatic carbocycles. The van der Waals surface area contributed by atoms with Gasteiger partial charge in [-0.05, 0) is 30.3 Å². The number of H-pyrrole nitrogens is 1. The largest absolute Gasteiger partial charge is 0.321 e. The fourth-order valence-electron chi connectivity index (χ4n) is 2.79. The maximum absolute atomic E-state index is 12.2. The highest BCUT2D eigenvalue weighted by atomic mass is 79.9. The summed E-state index contributed by atoms with van der Waals surface area (Å²) in [4.78, 5) is 19.1. The molecule has 0 spiro atoms. The number of carbonyl (C=O) groups is 1. The lowest BCUT2D eigenvalue weighted by atomic mass is 10.3. The summed E-state index contributed by atoms with van der Waals surface area (Å²) >= 11 is 3.39. The van der Waals surface area contributed by atoms with Crippen LogP contribution in [0, 0.1) is 0 Å². The molecule has 0 radical (unpaired) electrons. The average Bonchev–Trinajstić information content (AvgIpc) is 2.58. The van der Waals surface area contributed by atoms with E-state index in [9.17, 15) is 4.79 Å². The van der Waals surface area contributed by atoms with Gasteiger partial charge in [-0.15, -0.1) is 0 Å². The molecule has 1 fully saturated rings. The van der Waals surface area contributed by atoms with Crippen molar-refractivity contribution in [3.63, 3.8) is 0 Å². The van der Waals surface area contributed by atoms with Crippen LogP contribution in [-0.4, -0.2) is 38.6 Å². The summed E-state index contributed by atoms with van der Waals surface area (Å²) in [6.07, 6.45) is 1.94. The Bertz CT molecular complexity index is 639. The first-order chi connectivity index (χ1) is 11.2. The number of rotatable bonds is 4. The zero-order chi connectivity index (χ0) is 16.1. The minimum absolute atomic E-state index is 0.0713. The molecule has 2 aromatic rings. The Morgan fingerprint density at radius 1 is 1.17 bits per heavy atom. The summed E-state index contributed by atoms with van der Waals surface area (Å²) < 4.78 is 1.01. The average molecular weight is 377 g/mol. The van der Waals surface area contributed by atoms with Crippen LogP contribution in [0.3, 0.4) is 0 Å². The van der Waals surface area contributed by atoms with E-state index < -0.39 is 0 Å². The van der Waals surface area contributed by atoms with Gasteiger partial charge in [0, 0.05) is 16.2 Å². The first-order valence-corrected chi connectivity index (χ1v) is 8.61. The molecule has 2 heterocycles. The molecule has 1 amide bonds. The van der Waals surface area contributed by atoms with Crippen LogP contribution in [0.25, 0.3) is 0 Å². The van der Waals surface area contributed by atoms with Crippen molar-refractivity contribution in [2.24, 2.45) is 0 Å². The first-order valence-electron chi connectivity index (χ1n) is 7.81. The van der Waals surface area contributed by atoms with Crippen molar-refractivity contribution in [1.82, 2.24) is 0 Å². The molecule has 120 valence electrons. The van der Waals surface area contributed by atoms with E-state index in [4.69, 9.17) is 0 Å². The number of nitrogens with one attached hydrogen (secondary N) is 3. The molecular weight excluding hydrogens is 356 g/mol. The molecule has 0 atom stereocenters. The number of quaternary nitrogens is 1. The Morgan fingerprint density at radius 2 is 1.91 bits per heavy atom. The zero-order valence-corrected chi connectivity index (χ0v) is 14.5. The van der Waals surface area contributed by atoms with Gasteiger partial charge in [-0.3, -0.25) is 9.69 Å². The molecule has 1 aliphatic heterocycles. The number of hydrogen-bond donors (Lipinski definition) is 2. The molecule has 3 N–H and O–H groups in total. The number of pyridine rings is 1. The van der Waals surface area contributed by atoms with Gasteiger partial charge >= 0.3 is 0 Å². The lowest BCUT2D eigenvalue weighted by Gasteiger charge is -2.27. The SMILES string of the molecule is O=C(C[NH+]1CCN(c2cccc[nH+]2)CC1)Nc1ccc(Br)cc1. The molecule has 1 aliphatic rings. The molecule has 23 heavy (non-hydrogen) atoms. The second-order valence-electron chi connectivity index (χ2n) is 5.72. The van der Waals surface area contributed by atoms with Crippen molar-refractivity contribution >= 4 is 33.3 Å². The van der Waals surface area contributed by atoms with Gasteiger partial charge in [0.25, 0.3) is 11.7 Å². The maximum atomic E-state index is 12.2. The molecule has 5 nitrogen and oxygen atoms in total. The fraction of sp³-hybridized carbons (Fsp3) is 0.294. The maximum Gasteiger partial charge on any atom is 0.279 e. The van der Waals surface area contributed by atoms with Gasteiger partial charge in [0.1, 0.15) is 26.2 Å². The van der Waals surface area contributed by atoms with E-state index in [1.54, 1.807) is 0 Å². The van der Waals surface area contributed by atoms with Crippen LogP contribution in [0.15, 0.2) is 53.1 Å².